The molecule has 0 fully saturated rings. The van der Waals surface area contributed by atoms with Crippen LogP contribution in [0.5, 0.6) is 5.75 Å². The summed E-state index contributed by atoms with van der Waals surface area (Å²) in [6.07, 6.45) is 1.52. The van der Waals surface area contributed by atoms with Crippen LogP contribution >= 0.6 is 0 Å². The third-order valence-corrected chi connectivity index (χ3v) is 6.03. The maximum absolute atomic E-state index is 13.1. The second-order valence-electron chi connectivity index (χ2n) is 7.10. The van der Waals surface area contributed by atoms with Crippen molar-refractivity contribution < 1.29 is 18.1 Å². The molecule has 0 atom stereocenters. The lowest BCUT2D eigenvalue weighted by Gasteiger charge is -2.14. The van der Waals surface area contributed by atoms with Crippen molar-refractivity contribution in [2.45, 2.75) is 4.90 Å². The minimum atomic E-state index is -4.22. The Morgan fingerprint density at radius 2 is 1.73 bits per heavy atom. The Hall–Kier alpha value is -4.12. The molecule has 0 aliphatic heterocycles. The molecule has 33 heavy (non-hydrogen) atoms. The van der Waals surface area contributed by atoms with Gasteiger partial charge >= 0.3 is 0 Å². The second kappa shape index (κ2) is 10.0. The molecule has 0 aliphatic carbocycles. The van der Waals surface area contributed by atoms with Gasteiger partial charge in [-0.2, -0.15) is 5.10 Å². The molecule has 0 unspecified atom stereocenters. The fourth-order valence-electron chi connectivity index (χ4n) is 2.90. The molecular formula is C22H23N5O5S. The van der Waals surface area contributed by atoms with Crippen LogP contribution in [0.15, 0.2) is 76.7 Å². The highest BCUT2D eigenvalue weighted by atomic mass is 32.2. The van der Waals surface area contributed by atoms with Crippen LogP contribution in [0.3, 0.4) is 0 Å². The molecule has 3 aromatic carbocycles. The zero-order chi connectivity index (χ0) is 24.0. The van der Waals surface area contributed by atoms with E-state index in [1.807, 2.05) is 43.3 Å². The Balaban J connectivity index is 1.91. The number of rotatable bonds is 9. The number of sulfonamides is 1. The quantitative estimate of drug-likeness (QED) is 0.276. The summed E-state index contributed by atoms with van der Waals surface area (Å²) in [5.74, 6) is 0.306. The molecule has 0 amide bonds. The van der Waals surface area contributed by atoms with Crippen LogP contribution in [0.1, 0.15) is 5.56 Å². The van der Waals surface area contributed by atoms with Crippen molar-refractivity contribution in [1.82, 2.24) is 0 Å². The fraction of sp³-hybridized carbons (Fsp3) is 0.136. The van der Waals surface area contributed by atoms with Crippen molar-refractivity contribution >= 4 is 39.0 Å². The zero-order valence-corrected chi connectivity index (χ0v) is 19.0. The maximum atomic E-state index is 13.1. The van der Waals surface area contributed by atoms with Gasteiger partial charge in [0.2, 0.25) is 0 Å². The number of nitro benzene ring substituents is 1. The van der Waals surface area contributed by atoms with E-state index in [0.717, 1.165) is 17.3 Å². The van der Waals surface area contributed by atoms with Crippen molar-refractivity contribution in [3.05, 3.63) is 82.4 Å². The third kappa shape index (κ3) is 5.77. The number of nitrogens with one attached hydrogen (secondary N) is 2. The topological polar surface area (TPSA) is 126 Å². The minimum absolute atomic E-state index is 0.0733. The first-order valence-corrected chi connectivity index (χ1v) is 11.2. The van der Waals surface area contributed by atoms with Crippen molar-refractivity contribution in [3.8, 4) is 5.75 Å². The third-order valence-electron chi connectivity index (χ3n) is 4.62. The van der Waals surface area contributed by atoms with Gasteiger partial charge in [0.15, 0.2) is 0 Å². The average Bonchev–Trinajstić information content (AvgIpc) is 2.79. The van der Waals surface area contributed by atoms with E-state index in [2.05, 4.69) is 15.2 Å². The average molecular weight is 470 g/mol. The lowest BCUT2D eigenvalue weighted by atomic mass is 10.2. The Labute approximate surface area is 191 Å². The number of ether oxygens (including phenoxy) is 1. The largest absolute Gasteiger partial charge is 0.495 e. The van der Waals surface area contributed by atoms with Crippen molar-refractivity contribution in [2.24, 2.45) is 5.10 Å². The number of non-ortho nitro benzene ring substituents is 1. The molecule has 10 nitrogen and oxygen atoms in total. The molecule has 0 saturated carbocycles. The predicted octanol–water partition coefficient (Wildman–Crippen LogP) is 3.92. The van der Waals surface area contributed by atoms with Crippen molar-refractivity contribution in [1.29, 1.82) is 0 Å². The van der Waals surface area contributed by atoms with Gasteiger partial charge in [0.1, 0.15) is 10.6 Å². The molecule has 3 rings (SSSR count). The highest BCUT2D eigenvalue weighted by molar-refractivity contribution is 7.93. The number of benzene rings is 3. The molecule has 0 aromatic heterocycles. The Morgan fingerprint density at radius 3 is 2.36 bits per heavy atom. The van der Waals surface area contributed by atoms with E-state index in [9.17, 15) is 18.5 Å². The summed E-state index contributed by atoms with van der Waals surface area (Å²) >= 11 is 0. The molecule has 0 heterocycles. The number of methoxy groups -OCH3 is 1. The van der Waals surface area contributed by atoms with Gasteiger partial charge in [-0.25, -0.2) is 8.42 Å². The summed E-state index contributed by atoms with van der Waals surface area (Å²) < 4.78 is 33.8. The first-order valence-electron chi connectivity index (χ1n) is 9.72. The van der Waals surface area contributed by atoms with E-state index in [4.69, 9.17) is 4.74 Å². The van der Waals surface area contributed by atoms with Crippen LogP contribution in [0.25, 0.3) is 0 Å². The molecule has 172 valence electrons. The highest BCUT2D eigenvalue weighted by Gasteiger charge is 2.23. The molecule has 0 saturated heterocycles. The van der Waals surface area contributed by atoms with Gasteiger partial charge < -0.3 is 9.64 Å². The number of para-hydroxylation sites is 2. The van der Waals surface area contributed by atoms with Gasteiger partial charge in [0, 0.05) is 31.9 Å². The summed E-state index contributed by atoms with van der Waals surface area (Å²) in [7, 11) is 1.05. The summed E-state index contributed by atoms with van der Waals surface area (Å²) in [4.78, 5) is 12.2. The zero-order valence-electron chi connectivity index (χ0n) is 18.2. The van der Waals surface area contributed by atoms with Gasteiger partial charge in [-0.1, -0.05) is 24.3 Å². The van der Waals surface area contributed by atoms with Crippen molar-refractivity contribution in [3.63, 3.8) is 0 Å². The van der Waals surface area contributed by atoms with E-state index in [1.54, 1.807) is 18.2 Å². The summed E-state index contributed by atoms with van der Waals surface area (Å²) in [5.41, 5.74) is 4.37. The molecule has 11 heteroatoms. The van der Waals surface area contributed by atoms with E-state index in [-0.39, 0.29) is 22.0 Å². The van der Waals surface area contributed by atoms with Gasteiger partial charge in [-0.3, -0.25) is 20.3 Å². The Bertz CT molecular complexity index is 1270. The van der Waals surface area contributed by atoms with Crippen LogP contribution in [0, 0.1) is 10.1 Å². The van der Waals surface area contributed by atoms with E-state index in [1.165, 1.54) is 31.5 Å². The van der Waals surface area contributed by atoms with Crippen LogP contribution in [-0.4, -0.2) is 40.8 Å². The lowest BCUT2D eigenvalue weighted by Crippen LogP contribution is -2.15. The maximum Gasteiger partial charge on any atom is 0.270 e. The molecule has 0 radical (unpaired) electrons. The van der Waals surface area contributed by atoms with Gasteiger partial charge in [0.05, 0.1) is 29.6 Å². The van der Waals surface area contributed by atoms with Gasteiger partial charge in [-0.05, 0) is 35.9 Å². The van der Waals surface area contributed by atoms with E-state index in [0.29, 0.717) is 5.75 Å². The lowest BCUT2D eigenvalue weighted by molar-refractivity contribution is -0.385. The molecule has 0 bridgehead atoms. The van der Waals surface area contributed by atoms with Crippen LogP contribution < -0.4 is 19.8 Å². The number of hydrogen-bond acceptors (Lipinski definition) is 8. The first-order chi connectivity index (χ1) is 15.7. The van der Waals surface area contributed by atoms with Crippen molar-refractivity contribution in [2.75, 3.05) is 36.3 Å². The second-order valence-corrected chi connectivity index (χ2v) is 8.75. The minimum Gasteiger partial charge on any atom is -0.495 e. The number of anilines is 3. The number of hydrazone groups is 1. The number of nitro groups is 1. The smallest absolute Gasteiger partial charge is 0.270 e. The molecule has 3 aromatic rings. The van der Waals surface area contributed by atoms with Crippen LogP contribution in [-0.2, 0) is 10.0 Å². The molecular weight excluding hydrogens is 446 g/mol. The van der Waals surface area contributed by atoms with Gasteiger partial charge in [-0.15, -0.1) is 0 Å². The SMILES string of the molecule is COc1ccccc1NS(=O)(=O)c1cc([N+](=O)[O-])ccc1N/N=C/c1ccc(N(C)C)cc1. The molecule has 0 aliphatic rings. The highest BCUT2D eigenvalue weighted by Crippen LogP contribution is 2.31. The Kier molecular flexibility index (Phi) is 7.13. The monoisotopic (exact) mass is 469 g/mol. The Morgan fingerprint density at radius 1 is 1.03 bits per heavy atom. The normalized spacial score (nSPS) is 11.2. The van der Waals surface area contributed by atoms with E-state index >= 15 is 0 Å². The standard InChI is InChI=1S/C22H23N5O5S/c1-26(2)17-10-8-16(9-11-17)15-23-24-20-13-12-18(27(28)29)14-22(20)33(30,31)25-19-6-4-5-7-21(19)32-3/h4-15,24-25H,1-3H3/b23-15+. The number of hydrogen-bond donors (Lipinski definition) is 2. The molecule has 2 N–H and O–H groups in total. The summed E-state index contributed by atoms with van der Waals surface area (Å²) in [6, 6.07) is 17.5. The fourth-order valence-corrected chi connectivity index (χ4v) is 4.15. The predicted molar refractivity (Wildman–Crippen MR) is 129 cm³/mol. The summed E-state index contributed by atoms with van der Waals surface area (Å²) in [5, 5.41) is 15.3. The number of nitrogens with zero attached hydrogens (tertiary/aromatic N) is 3. The summed E-state index contributed by atoms with van der Waals surface area (Å²) in [6.45, 7) is 0. The van der Waals surface area contributed by atoms with Crippen LogP contribution in [0.2, 0.25) is 0 Å². The van der Waals surface area contributed by atoms with Crippen LogP contribution in [0.4, 0.5) is 22.7 Å². The molecule has 0 spiro atoms. The first kappa shape index (κ1) is 23.5. The van der Waals surface area contributed by atoms with Gasteiger partial charge in [0.25, 0.3) is 15.7 Å². The van der Waals surface area contributed by atoms with E-state index < -0.39 is 14.9 Å².